The molecule has 0 saturated heterocycles. The van der Waals surface area contributed by atoms with E-state index in [1.807, 2.05) is 6.20 Å². The van der Waals surface area contributed by atoms with Gasteiger partial charge in [0.2, 0.25) is 0 Å². The lowest BCUT2D eigenvalue weighted by Gasteiger charge is -2.31. The first kappa shape index (κ1) is 13.0. The van der Waals surface area contributed by atoms with Crippen LogP contribution in [0.1, 0.15) is 38.7 Å². The summed E-state index contributed by atoms with van der Waals surface area (Å²) in [7, 11) is 0. The number of ether oxygens (including phenoxy) is 1. The lowest BCUT2D eigenvalue weighted by atomic mass is 9.80. The van der Waals surface area contributed by atoms with Crippen molar-refractivity contribution in [1.82, 2.24) is 4.98 Å². The molecule has 1 aromatic rings. The van der Waals surface area contributed by atoms with Gasteiger partial charge in [-0.25, -0.2) is 0 Å². The molecule has 0 spiro atoms. The molecular formula is C14H20BrNO. The minimum atomic E-state index is 0.431. The molecule has 0 N–H and O–H groups in total. The van der Waals surface area contributed by atoms with Crippen LogP contribution in [-0.2, 0) is 11.3 Å². The first-order valence-corrected chi connectivity index (χ1v) is 7.15. The normalized spacial score (nSPS) is 29.2. The van der Waals surface area contributed by atoms with Crippen molar-refractivity contribution in [1.29, 1.82) is 0 Å². The van der Waals surface area contributed by atoms with E-state index >= 15 is 0 Å². The maximum absolute atomic E-state index is 5.98. The molecule has 17 heavy (non-hydrogen) atoms. The van der Waals surface area contributed by atoms with E-state index in [-0.39, 0.29) is 0 Å². The van der Waals surface area contributed by atoms with Crippen LogP contribution in [0.3, 0.4) is 0 Å². The highest BCUT2D eigenvalue weighted by molar-refractivity contribution is 9.10. The summed E-state index contributed by atoms with van der Waals surface area (Å²) in [5.41, 5.74) is 1.14. The van der Waals surface area contributed by atoms with Crippen molar-refractivity contribution in [3.8, 4) is 0 Å². The van der Waals surface area contributed by atoms with Crippen molar-refractivity contribution < 1.29 is 4.74 Å². The number of nitrogens with zero attached hydrogens (tertiary/aromatic N) is 1. The van der Waals surface area contributed by atoms with E-state index in [0.29, 0.717) is 12.7 Å². The summed E-state index contributed by atoms with van der Waals surface area (Å²) in [4.78, 5) is 4.15. The standard InChI is InChI=1S/C14H20BrNO/c1-10-3-4-14(5-11(10)2)17-9-12-6-13(15)8-16-7-12/h6-8,10-11,14H,3-5,9H2,1-2H3. The molecule has 1 saturated carbocycles. The van der Waals surface area contributed by atoms with E-state index in [4.69, 9.17) is 4.74 Å². The average Bonchev–Trinajstić information content (AvgIpc) is 2.31. The van der Waals surface area contributed by atoms with Gasteiger partial charge in [-0.15, -0.1) is 0 Å². The van der Waals surface area contributed by atoms with Crippen molar-refractivity contribution >= 4 is 15.9 Å². The summed E-state index contributed by atoms with van der Waals surface area (Å²) in [6.07, 6.45) is 7.80. The number of halogens is 1. The van der Waals surface area contributed by atoms with Crippen molar-refractivity contribution in [3.63, 3.8) is 0 Å². The van der Waals surface area contributed by atoms with Crippen LogP contribution in [0.5, 0.6) is 0 Å². The van der Waals surface area contributed by atoms with Gasteiger partial charge >= 0.3 is 0 Å². The van der Waals surface area contributed by atoms with Gasteiger partial charge in [0.25, 0.3) is 0 Å². The van der Waals surface area contributed by atoms with Gasteiger partial charge in [-0.1, -0.05) is 13.8 Å². The van der Waals surface area contributed by atoms with E-state index in [2.05, 4.69) is 40.8 Å². The van der Waals surface area contributed by atoms with Gasteiger partial charge in [0.05, 0.1) is 12.7 Å². The van der Waals surface area contributed by atoms with Gasteiger partial charge in [-0.2, -0.15) is 0 Å². The molecular weight excluding hydrogens is 278 g/mol. The predicted octanol–water partition coefficient (Wildman–Crippen LogP) is 4.19. The van der Waals surface area contributed by atoms with Crippen LogP contribution < -0.4 is 0 Å². The third-order valence-electron chi connectivity index (χ3n) is 3.80. The third kappa shape index (κ3) is 3.78. The monoisotopic (exact) mass is 297 g/mol. The SMILES string of the molecule is CC1CCC(OCc2cncc(Br)c2)CC1C. The minimum Gasteiger partial charge on any atom is -0.373 e. The molecule has 1 aliphatic rings. The van der Waals surface area contributed by atoms with Gasteiger partial charge in [0.15, 0.2) is 0 Å². The van der Waals surface area contributed by atoms with Crippen molar-refractivity contribution in [3.05, 3.63) is 28.5 Å². The summed E-state index contributed by atoms with van der Waals surface area (Å²) in [5, 5.41) is 0. The first-order chi connectivity index (χ1) is 8.15. The average molecular weight is 298 g/mol. The van der Waals surface area contributed by atoms with Gasteiger partial charge in [0.1, 0.15) is 0 Å². The summed E-state index contributed by atoms with van der Waals surface area (Å²) in [6.45, 7) is 5.36. The Morgan fingerprint density at radius 1 is 1.29 bits per heavy atom. The molecule has 2 nitrogen and oxygen atoms in total. The fourth-order valence-electron chi connectivity index (χ4n) is 2.40. The summed E-state index contributed by atoms with van der Waals surface area (Å²) < 4.78 is 7.00. The molecule has 94 valence electrons. The highest BCUT2D eigenvalue weighted by Gasteiger charge is 2.24. The zero-order chi connectivity index (χ0) is 12.3. The Kier molecular flexibility index (Phi) is 4.57. The molecule has 0 aromatic carbocycles. The second-order valence-corrected chi connectivity index (χ2v) is 6.13. The van der Waals surface area contributed by atoms with Crippen LogP contribution >= 0.6 is 15.9 Å². The molecule has 1 fully saturated rings. The van der Waals surface area contributed by atoms with Crippen LogP contribution in [0.15, 0.2) is 22.9 Å². The van der Waals surface area contributed by atoms with E-state index in [0.717, 1.165) is 21.9 Å². The Hall–Kier alpha value is -0.410. The number of hydrogen-bond acceptors (Lipinski definition) is 2. The van der Waals surface area contributed by atoms with Gasteiger partial charge in [0, 0.05) is 16.9 Å². The second kappa shape index (κ2) is 5.96. The minimum absolute atomic E-state index is 0.431. The van der Waals surface area contributed by atoms with Crippen LogP contribution in [0, 0.1) is 11.8 Å². The molecule has 0 radical (unpaired) electrons. The van der Waals surface area contributed by atoms with Crippen LogP contribution in [-0.4, -0.2) is 11.1 Å². The zero-order valence-corrected chi connectivity index (χ0v) is 12.1. The largest absolute Gasteiger partial charge is 0.373 e. The lowest BCUT2D eigenvalue weighted by molar-refractivity contribution is -0.00756. The molecule has 2 rings (SSSR count). The van der Waals surface area contributed by atoms with Gasteiger partial charge in [-0.05, 0) is 58.7 Å². The number of rotatable bonds is 3. The molecule has 3 atom stereocenters. The Morgan fingerprint density at radius 2 is 2.12 bits per heavy atom. The van der Waals surface area contributed by atoms with Gasteiger partial charge < -0.3 is 4.74 Å². The molecule has 0 aliphatic heterocycles. The van der Waals surface area contributed by atoms with Crippen LogP contribution in [0.4, 0.5) is 0 Å². The fourth-order valence-corrected chi connectivity index (χ4v) is 2.81. The first-order valence-electron chi connectivity index (χ1n) is 6.36. The topological polar surface area (TPSA) is 22.1 Å². The van der Waals surface area contributed by atoms with Crippen molar-refractivity contribution in [2.75, 3.05) is 0 Å². The quantitative estimate of drug-likeness (QED) is 0.835. The molecule has 1 heterocycles. The highest BCUT2D eigenvalue weighted by Crippen LogP contribution is 2.31. The highest BCUT2D eigenvalue weighted by atomic mass is 79.9. The predicted molar refractivity (Wildman–Crippen MR) is 72.7 cm³/mol. The van der Waals surface area contributed by atoms with Crippen LogP contribution in [0.25, 0.3) is 0 Å². The van der Waals surface area contributed by atoms with Crippen molar-refractivity contribution in [2.24, 2.45) is 11.8 Å². The fraction of sp³-hybridized carbons (Fsp3) is 0.643. The second-order valence-electron chi connectivity index (χ2n) is 5.21. The third-order valence-corrected chi connectivity index (χ3v) is 4.23. The maximum atomic E-state index is 5.98. The molecule has 1 aromatic heterocycles. The van der Waals surface area contributed by atoms with E-state index in [1.54, 1.807) is 6.20 Å². The van der Waals surface area contributed by atoms with Crippen LogP contribution in [0.2, 0.25) is 0 Å². The molecule has 0 amide bonds. The Bertz CT molecular complexity index is 369. The Morgan fingerprint density at radius 3 is 2.82 bits per heavy atom. The molecule has 1 aliphatic carbocycles. The van der Waals surface area contributed by atoms with Crippen molar-refractivity contribution in [2.45, 2.75) is 45.8 Å². The summed E-state index contributed by atoms with van der Waals surface area (Å²) in [6, 6.07) is 2.07. The van der Waals surface area contributed by atoms with E-state index in [9.17, 15) is 0 Å². The Balaban J connectivity index is 1.82. The number of pyridine rings is 1. The number of aromatic nitrogens is 1. The Labute approximate surface area is 112 Å². The molecule has 0 bridgehead atoms. The smallest absolute Gasteiger partial charge is 0.0735 e. The molecule has 3 heteroatoms. The van der Waals surface area contributed by atoms with E-state index < -0.39 is 0 Å². The molecule has 3 unspecified atom stereocenters. The lowest BCUT2D eigenvalue weighted by Crippen LogP contribution is -2.26. The number of hydrogen-bond donors (Lipinski definition) is 0. The summed E-state index contributed by atoms with van der Waals surface area (Å²) in [5.74, 6) is 1.64. The maximum Gasteiger partial charge on any atom is 0.0735 e. The van der Waals surface area contributed by atoms with E-state index in [1.165, 1.54) is 19.3 Å². The zero-order valence-electron chi connectivity index (χ0n) is 10.5. The van der Waals surface area contributed by atoms with Gasteiger partial charge in [-0.3, -0.25) is 4.98 Å². The summed E-state index contributed by atoms with van der Waals surface area (Å²) >= 11 is 3.43.